The van der Waals surface area contributed by atoms with Crippen molar-refractivity contribution < 1.29 is 4.39 Å². The van der Waals surface area contributed by atoms with E-state index in [1.54, 1.807) is 6.20 Å². The molecule has 33 heavy (non-hydrogen) atoms. The Morgan fingerprint density at radius 3 is 2.42 bits per heavy atom. The molecule has 4 rings (SSSR count). The molecule has 6 heteroatoms. The van der Waals surface area contributed by atoms with Crippen molar-refractivity contribution in [3.8, 4) is 0 Å². The number of aryl methyl sites for hydroxylation is 1. The van der Waals surface area contributed by atoms with Gasteiger partial charge in [0, 0.05) is 25.7 Å². The molecule has 0 N–H and O–H groups in total. The Morgan fingerprint density at radius 2 is 1.79 bits per heavy atom. The van der Waals surface area contributed by atoms with E-state index in [-0.39, 0.29) is 12.2 Å². The average molecular weight is 463 g/mol. The Bertz CT molecular complexity index is 1260. The second-order valence-corrected chi connectivity index (χ2v) is 9.15. The smallest absolute Gasteiger partial charge is 0.189 e. The molecule has 0 bridgehead atoms. The highest BCUT2D eigenvalue weighted by molar-refractivity contribution is 7.98. The Morgan fingerprint density at radius 1 is 1.09 bits per heavy atom. The van der Waals surface area contributed by atoms with Crippen molar-refractivity contribution in [1.82, 2.24) is 9.97 Å². The zero-order valence-electron chi connectivity index (χ0n) is 19.5. The van der Waals surface area contributed by atoms with Gasteiger partial charge in [0.15, 0.2) is 5.16 Å². The molecule has 0 radical (unpaired) electrons. The predicted octanol–water partition coefficient (Wildman–Crippen LogP) is 5.05. The number of rotatable bonds is 6. The van der Waals surface area contributed by atoms with E-state index in [2.05, 4.69) is 52.8 Å². The summed E-state index contributed by atoms with van der Waals surface area (Å²) in [6, 6.07) is 12.4. The summed E-state index contributed by atoms with van der Waals surface area (Å²) in [6.45, 7) is 7.59. The minimum atomic E-state index is -0.267. The van der Waals surface area contributed by atoms with Crippen molar-refractivity contribution in [3.63, 3.8) is 0 Å². The van der Waals surface area contributed by atoms with Gasteiger partial charge in [-0.25, -0.2) is 14.4 Å². The number of halogens is 1. The molecule has 0 saturated carbocycles. The summed E-state index contributed by atoms with van der Waals surface area (Å²) in [7, 11) is 0. The van der Waals surface area contributed by atoms with Gasteiger partial charge in [-0.2, -0.15) is 0 Å². The summed E-state index contributed by atoms with van der Waals surface area (Å²) in [4.78, 5) is 15.6. The van der Waals surface area contributed by atoms with Gasteiger partial charge < -0.3 is 4.90 Å². The molecule has 1 aliphatic heterocycles. The van der Waals surface area contributed by atoms with Crippen LogP contribution in [0.3, 0.4) is 0 Å². The maximum Gasteiger partial charge on any atom is 0.189 e. The fraction of sp³-hybridized carbons (Fsp3) is 0.370. The average Bonchev–Trinajstić information content (AvgIpc) is 3.13. The van der Waals surface area contributed by atoms with Gasteiger partial charge in [-0.05, 0) is 54.1 Å². The van der Waals surface area contributed by atoms with E-state index in [1.165, 1.54) is 30.2 Å². The lowest BCUT2D eigenvalue weighted by atomic mass is 9.96. The summed E-state index contributed by atoms with van der Waals surface area (Å²) < 4.78 is 16.0. The van der Waals surface area contributed by atoms with Crippen LogP contribution in [0.2, 0.25) is 0 Å². The van der Waals surface area contributed by atoms with E-state index < -0.39 is 0 Å². The van der Waals surface area contributed by atoms with E-state index in [0.29, 0.717) is 15.7 Å². The van der Waals surface area contributed by atoms with Crippen LogP contribution in [0.1, 0.15) is 43.7 Å². The molecule has 3 aromatic rings. The number of nitrogens with zero attached hydrogens (tertiary/aromatic N) is 4. The molecule has 2 heterocycles. The van der Waals surface area contributed by atoms with Crippen LogP contribution in [-0.4, -0.2) is 36.0 Å². The van der Waals surface area contributed by atoms with Crippen LogP contribution in [0, 0.1) is 0 Å². The minimum absolute atomic E-state index is 0.177. The first-order valence-corrected chi connectivity index (χ1v) is 12.9. The zero-order valence-corrected chi connectivity index (χ0v) is 20.3. The van der Waals surface area contributed by atoms with E-state index in [4.69, 9.17) is 4.98 Å². The van der Waals surface area contributed by atoms with Crippen molar-refractivity contribution in [2.45, 2.75) is 50.6 Å². The fourth-order valence-corrected chi connectivity index (χ4v) is 5.02. The number of fused-ring (bicyclic) bond motifs is 1. The third-order valence-electron chi connectivity index (χ3n) is 6.27. The quantitative estimate of drug-likeness (QED) is 0.292. The topological polar surface area (TPSA) is 41.4 Å². The van der Waals surface area contributed by atoms with Gasteiger partial charge in [-0.15, -0.1) is 0 Å². The summed E-state index contributed by atoms with van der Waals surface area (Å²) in [6.07, 6.45) is 9.26. The number of hydrogen-bond acceptors (Lipinski definition) is 5. The molecule has 1 aliphatic rings. The van der Waals surface area contributed by atoms with E-state index in [9.17, 15) is 0 Å². The summed E-state index contributed by atoms with van der Waals surface area (Å²) in [5.41, 5.74) is 2.20. The first-order chi connectivity index (χ1) is 16.2. The zero-order chi connectivity index (χ0) is 23.2. The highest BCUT2D eigenvalue weighted by atomic mass is 32.2. The molecular weight excluding hydrogens is 431 g/mol. The van der Waals surface area contributed by atoms with Crippen LogP contribution in [0.15, 0.2) is 46.5 Å². The standard InChI is InChI=1S/C27H31FN4S/c1-4-19-11-9-12-20-13-10-14-21(24(19)20)17-23(28)25-22(18-29-2)26(31-27(30-25)33-3)32-15-7-5-6-8-16-32/h9-14,18H,2,4-8,15-17H2,1,3H3/b22-18+,25-23-. The first kappa shape index (κ1) is 23.4. The van der Waals surface area contributed by atoms with Crippen LogP contribution < -0.4 is 15.5 Å². The summed E-state index contributed by atoms with van der Waals surface area (Å²) >= 11 is 1.44. The van der Waals surface area contributed by atoms with Gasteiger partial charge in [0.2, 0.25) is 0 Å². The highest BCUT2D eigenvalue weighted by Crippen LogP contribution is 2.26. The third-order valence-corrected chi connectivity index (χ3v) is 6.82. The number of benzene rings is 2. The van der Waals surface area contributed by atoms with Crippen LogP contribution in [0.25, 0.3) is 22.8 Å². The number of hydrogen-bond donors (Lipinski definition) is 0. The molecule has 1 fully saturated rings. The molecule has 0 spiro atoms. The second kappa shape index (κ2) is 10.9. The highest BCUT2D eigenvalue weighted by Gasteiger charge is 2.17. The molecule has 0 unspecified atom stereocenters. The number of aliphatic imine (C=N–C) groups is 1. The SMILES string of the molecule is C=N/C=c1/c(N2CCCCCC2)nc(SC)n/c1=C(\F)Cc1cccc2cccc(CC)c12. The van der Waals surface area contributed by atoms with Crippen molar-refractivity contribution in [2.24, 2.45) is 4.99 Å². The van der Waals surface area contributed by atoms with Gasteiger partial charge in [-0.1, -0.05) is 67.9 Å². The lowest BCUT2D eigenvalue weighted by molar-refractivity contribution is 0.700. The number of anilines is 1. The Balaban J connectivity index is 1.91. The normalized spacial score (nSPS) is 16.1. The summed E-state index contributed by atoms with van der Waals surface area (Å²) in [5, 5.41) is 3.80. The molecular formula is C27H31FN4S. The number of thioether (sulfide) groups is 1. The van der Waals surface area contributed by atoms with E-state index in [1.807, 2.05) is 18.4 Å². The molecule has 0 amide bonds. The first-order valence-electron chi connectivity index (χ1n) is 11.7. The Hall–Kier alpha value is -2.73. The van der Waals surface area contributed by atoms with Crippen LogP contribution in [-0.2, 0) is 12.8 Å². The van der Waals surface area contributed by atoms with Crippen LogP contribution in [0.5, 0.6) is 0 Å². The fourth-order valence-electron chi connectivity index (χ4n) is 4.66. The number of aromatic nitrogens is 2. The predicted molar refractivity (Wildman–Crippen MR) is 139 cm³/mol. The van der Waals surface area contributed by atoms with Gasteiger partial charge in [0.05, 0.1) is 5.22 Å². The van der Waals surface area contributed by atoms with E-state index in [0.717, 1.165) is 54.5 Å². The Labute approximate surface area is 199 Å². The maximum atomic E-state index is 16.0. The van der Waals surface area contributed by atoms with E-state index >= 15 is 4.39 Å². The maximum absolute atomic E-state index is 16.0. The summed E-state index contributed by atoms with van der Waals surface area (Å²) in [5.74, 6) is 0.498. The van der Waals surface area contributed by atoms with Gasteiger partial charge in [0.25, 0.3) is 0 Å². The Kier molecular flexibility index (Phi) is 7.76. The minimum Gasteiger partial charge on any atom is -0.356 e. The lowest BCUT2D eigenvalue weighted by Crippen LogP contribution is -2.40. The van der Waals surface area contributed by atoms with Crippen molar-refractivity contribution >= 4 is 47.1 Å². The van der Waals surface area contributed by atoms with Gasteiger partial charge >= 0.3 is 0 Å². The second-order valence-electron chi connectivity index (χ2n) is 8.38. The van der Waals surface area contributed by atoms with Gasteiger partial charge in [-0.3, -0.25) is 4.99 Å². The van der Waals surface area contributed by atoms with Crippen molar-refractivity contribution in [1.29, 1.82) is 0 Å². The molecule has 0 atom stereocenters. The molecule has 1 saturated heterocycles. The molecule has 172 valence electrons. The molecule has 4 nitrogen and oxygen atoms in total. The monoisotopic (exact) mass is 462 g/mol. The van der Waals surface area contributed by atoms with Crippen molar-refractivity contribution in [3.05, 3.63) is 58.1 Å². The van der Waals surface area contributed by atoms with Crippen LogP contribution in [0.4, 0.5) is 10.2 Å². The van der Waals surface area contributed by atoms with Crippen molar-refractivity contribution in [2.75, 3.05) is 24.2 Å². The molecule has 1 aromatic heterocycles. The largest absolute Gasteiger partial charge is 0.356 e. The lowest BCUT2D eigenvalue weighted by Gasteiger charge is -2.22. The molecule has 0 aliphatic carbocycles. The molecule has 2 aromatic carbocycles. The van der Waals surface area contributed by atoms with Crippen LogP contribution >= 0.6 is 11.8 Å². The third kappa shape index (κ3) is 5.11. The van der Waals surface area contributed by atoms with Gasteiger partial charge in [0.1, 0.15) is 17.0 Å².